The van der Waals surface area contributed by atoms with Gasteiger partial charge in [0, 0.05) is 12.1 Å². The Bertz CT molecular complexity index is 431. The summed E-state index contributed by atoms with van der Waals surface area (Å²) in [4.78, 5) is 12.1. The smallest absolute Gasteiger partial charge is 0.255 e. The standard InChI is InChI=1S/C14H21NO3/c1-4-14(3,7-8-16)15-13(18)11-9-10(2)5-6-12(11)17/h5-6,9,16-17H,4,7-8H2,1-3H3,(H,15,18). The molecule has 1 rings (SSSR count). The molecule has 0 saturated carbocycles. The summed E-state index contributed by atoms with van der Waals surface area (Å²) in [6, 6.07) is 4.91. The second kappa shape index (κ2) is 5.87. The minimum atomic E-state index is -0.456. The summed E-state index contributed by atoms with van der Waals surface area (Å²) in [7, 11) is 0. The number of hydrogen-bond donors (Lipinski definition) is 3. The molecule has 1 unspecified atom stereocenters. The quantitative estimate of drug-likeness (QED) is 0.749. The van der Waals surface area contributed by atoms with Crippen LogP contribution in [-0.2, 0) is 0 Å². The van der Waals surface area contributed by atoms with Gasteiger partial charge < -0.3 is 15.5 Å². The average molecular weight is 251 g/mol. The highest BCUT2D eigenvalue weighted by atomic mass is 16.3. The first-order valence-corrected chi connectivity index (χ1v) is 6.15. The number of carbonyl (C=O) groups is 1. The third-order valence-electron chi connectivity index (χ3n) is 3.26. The van der Waals surface area contributed by atoms with Crippen molar-refractivity contribution in [1.29, 1.82) is 0 Å². The van der Waals surface area contributed by atoms with Crippen LogP contribution in [0.2, 0.25) is 0 Å². The van der Waals surface area contributed by atoms with Crippen LogP contribution in [0.25, 0.3) is 0 Å². The maximum absolute atomic E-state index is 12.1. The zero-order chi connectivity index (χ0) is 13.8. The molecule has 4 nitrogen and oxygen atoms in total. The zero-order valence-electron chi connectivity index (χ0n) is 11.2. The van der Waals surface area contributed by atoms with Crippen LogP contribution < -0.4 is 5.32 Å². The fraction of sp³-hybridized carbons (Fsp3) is 0.500. The topological polar surface area (TPSA) is 69.6 Å². The van der Waals surface area contributed by atoms with Crippen LogP contribution >= 0.6 is 0 Å². The highest BCUT2D eigenvalue weighted by Gasteiger charge is 2.25. The van der Waals surface area contributed by atoms with Crippen LogP contribution in [0, 0.1) is 6.92 Å². The van der Waals surface area contributed by atoms with E-state index >= 15 is 0 Å². The number of rotatable bonds is 5. The lowest BCUT2D eigenvalue weighted by atomic mass is 9.94. The number of aliphatic hydroxyl groups is 1. The third kappa shape index (κ3) is 3.47. The second-order valence-electron chi connectivity index (χ2n) is 4.86. The summed E-state index contributed by atoms with van der Waals surface area (Å²) >= 11 is 0. The number of aliphatic hydroxyl groups excluding tert-OH is 1. The van der Waals surface area contributed by atoms with E-state index in [-0.39, 0.29) is 23.8 Å². The molecule has 100 valence electrons. The van der Waals surface area contributed by atoms with Gasteiger partial charge in [-0.25, -0.2) is 0 Å². The number of nitrogens with one attached hydrogen (secondary N) is 1. The highest BCUT2D eigenvalue weighted by Crippen LogP contribution is 2.21. The van der Waals surface area contributed by atoms with Crippen LogP contribution in [0.4, 0.5) is 0 Å². The number of aromatic hydroxyl groups is 1. The molecule has 0 aromatic heterocycles. The molecular weight excluding hydrogens is 230 g/mol. The minimum absolute atomic E-state index is 0.0183. The second-order valence-corrected chi connectivity index (χ2v) is 4.86. The maximum atomic E-state index is 12.1. The van der Waals surface area contributed by atoms with Gasteiger partial charge in [-0.15, -0.1) is 0 Å². The van der Waals surface area contributed by atoms with Gasteiger partial charge in [-0.05, 0) is 38.8 Å². The van der Waals surface area contributed by atoms with Crippen molar-refractivity contribution in [3.05, 3.63) is 29.3 Å². The first kappa shape index (κ1) is 14.5. The van der Waals surface area contributed by atoms with Crippen molar-refractivity contribution in [3.63, 3.8) is 0 Å². The molecule has 18 heavy (non-hydrogen) atoms. The Labute approximate surface area is 108 Å². The van der Waals surface area contributed by atoms with Gasteiger partial charge in [0.2, 0.25) is 0 Å². The van der Waals surface area contributed by atoms with Gasteiger partial charge in [0.15, 0.2) is 0 Å². The summed E-state index contributed by atoms with van der Waals surface area (Å²) in [5.41, 5.74) is 0.730. The molecule has 1 amide bonds. The van der Waals surface area contributed by atoms with E-state index in [1.807, 2.05) is 20.8 Å². The molecule has 0 radical (unpaired) electrons. The molecule has 0 aliphatic heterocycles. The zero-order valence-corrected chi connectivity index (χ0v) is 11.2. The largest absolute Gasteiger partial charge is 0.507 e. The van der Waals surface area contributed by atoms with E-state index in [9.17, 15) is 9.90 Å². The number of phenolic OH excluding ortho intramolecular Hbond substituents is 1. The van der Waals surface area contributed by atoms with Crippen LogP contribution in [0.15, 0.2) is 18.2 Å². The van der Waals surface area contributed by atoms with Crippen LogP contribution in [0.1, 0.15) is 42.6 Å². The Hall–Kier alpha value is -1.55. The van der Waals surface area contributed by atoms with Crippen molar-refractivity contribution in [2.45, 2.75) is 39.2 Å². The summed E-state index contributed by atoms with van der Waals surface area (Å²) in [5, 5.41) is 21.6. The number of benzene rings is 1. The third-order valence-corrected chi connectivity index (χ3v) is 3.26. The molecule has 0 aliphatic rings. The van der Waals surface area contributed by atoms with Crippen molar-refractivity contribution in [1.82, 2.24) is 5.32 Å². The van der Waals surface area contributed by atoms with Crippen LogP contribution in [0.5, 0.6) is 5.75 Å². The Morgan fingerprint density at radius 2 is 2.11 bits per heavy atom. The summed E-state index contributed by atoms with van der Waals surface area (Å²) in [6.07, 6.45) is 1.20. The van der Waals surface area contributed by atoms with Crippen molar-refractivity contribution < 1.29 is 15.0 Å². The van der Waals surface area contributed by atoms with Gasteiger partial charge >= 0.3 is 0 Å². The molecule has 1 aromatic carbocycles. The molecule has 0 aliphatic carbocycles. The Balaban J connectivity index is 2.90. The molecule has 0 fully saturated rings. The van der Waals surface area contributed by atoms with E-state index in [1.54, 1.807) is 12.1 Å². The van der Waals surface area contributed by atoms with Crippen molar-refractivity contribution in [2.75, 3.05) is 6.61 Å². The van der Waals surface area contributed by atoms with Crippen LogP contribution in [-0.4, -0.2) is 28.3 Å². The van der Waals surface area contributed by atoms with Crippen molar-refractivity contribution >= 4 is 5.91 Å². The SMILES string of the molecule is CCC(C)(CCO)NC(=O)c1cc(C)ccc1O. The lowest BCUT2D eigenvalue weighted by Crippen LogP contribution is -2.46. The molecule has 1 atom stereocenters. The molecule has 0 bridgehead atoms. The summed E-state index contributed by atoms with van der Waals surface area (Å²) in [5.74, 6) is -0.338. The first-order chi connectivity index (χ1) is 8.41. The van der Waals surface area contributed by atoms with E-state index in [0.717, 1.165) is 5.56 Å². The predicted octanol–water partition coefficient (Wildman–Crippen LogP) is 1.98. The van der Waals surface area contributed by atoms with Gasteiger partial charge in [-0.1, -0.05) is 18.6 Å². The maximum Gasteiger partial charge on any atom is 0.255 e. The van der Waals surface area contributed by atoms with E-state index in [2.05, 4.69) is 5.32 Å². The fourth-order valence-corrected chi connectivity index (χ4v) is 1.75. The monoisotopic (exact) mass is 251 g/mol. The van der Waals surface area contributed by atoms with E-state index in [0.29, 0.717) is 12.8 Å². The number of carbonyl (C=O) groups excluding carboxylic acids is 1. The number of phenols is 1. The molecule has 0 heterocycles. The lowest BCUT2D eigenvalue weighted by Gasteiger charge is -2.29. The number of hydrogen-bond acceptors (Lipinski definition) is 3. The summed E-state index contributed by atoms with van der Waals surface area (Å²) in [6.45, 7) is 5.72. The number of amides is 1. The molecule has 1 aromatic rings. The molecular formula is C14H21NO3. The fourth-order valence-electron chi connectivity index (χ4n) is 1.75. The van der Waals surface area contributed by atoms with E-state index in [4.69, 9.17) is 5.11 Å². The molecule has 3 N–H and O–H groups in total. The Kier molecular flexibility index (Phi) is 4.73. The average Bonchev–Trinajstić information content (AvgIpc) is 2.32. The van der Waals surface area contributed by atoms with Gasteiger partial charge in [-0.3, -0.25) is 4.79 Å². The molecule has 0 spiro atoms. The predicted molar refractivity (Wildman–Crippen MR) is 70.7 cm³/mol. The van der Waals surface area contributed by atoms with Gasteiger partial charge in [-0.2, -0.15) is 0 Å². The highest BCUT2D eigenvalue weighted by molar-refractivity contribution is 5.97. The van der Waals surface area contributed by atoms with Crippen molar-refractivity contribution in [3.8, 4) is 5.75 Å². The first-order valence-electron chi connectivity index (χ1n) is 6.15. The molecule has 0 saturated heterocycles. The van der Waals surface area contributed by atoms with Gasteiger partial charge in [0.05, 0.1) is 5.56 Å². The molecule has 4 heteroatoms. The summed E-state index contributed by atoms with van der Waals surface area (Å²) < 4.78 is 0. The Morgan fingerprint density at radius 3 is 2.67 bits per heavy atom. The van der Waals surface area contributed by atoms with Gasteiger partial charge in [0.1, 0.15) is 5.75 Å². The van der Waals surface area contributed by atoms with Gasteiger partial charge in [0.25, 0.3) is 5.91 Å². The van der Waals surface area contributed by atoms with Crippen LogP contribution in [0.3, 0.4) is 0 Å². The normalized spacial score (nSPS) is 14.0. The Morgan fingerprint density at radius 1 is 1.44 bits per heavy atom. The van der Waals surface area contributed by atoms with E-state index in [1.165, 1.54) is 6.07 Å². The number of aryl methyl sites for hydroxylation is 1. The van der Waals surface area contributed by atoms with E-state index < -0.39 is 5.54 Å². The van der Waals surface area contributed by atoms with Crippen molar-refractivity contribution in [2.24, 2.45) is 0 Å². The lowest BCUT2D eigenvalue weighted by molar-refractivity contribution is 0.0883. The minimum Gasteiger partial charge on any atom is -0.507 e.